The molecule has 1 unspecified atom stereocenters. The lowest BCUT2D eigenvalue weighted by Gasteiger charge is -2.13. The van der Waals surface area contributed by atoms with Crippen molar-refractivity contribution in [3.05, 3.63) is 36.5 Å². The second-order valence-electron chi connectivity index (χ2n) is 4.27. The van der Waals surface area contributed by atoms with Gasteiger partial charge in [-0.3, -0.25) is 4.98 Å². The van der Waals surface area contributed by atoms with Crippen molar-refractivity contribution >= 4 is 16.6 Å². The molecule has 0 saturated heterocycles. The molecule has 0 saturated carbocycles. The van der Waals surface area contributed by atoms with E-state index >= 15 is 0 Å². The molecular weight excluding hydrogens is 196 g/mol. The third-order valence-electron chi connectivity index (χ3n) is 2.98. The summed E-state index contributed by atoms with van der Waals surface area (Å²) >= 11 is 0. The summed E-state index contributed by atoms with van der Waals surface area (Å²) in [5, 5.41) is 4.70. The lowest BCUT2D eigenvalue weighted by Crippen LogP contribution is -2.10. The maximum Gasteiger partial charge on any atom is 0.0722 e. The third-order valence-corrected chi connectivity index (χ3v) is 2.98. The number of fused-ring (bicyclic) bond motifs is 1. The largest absolute Gasteiger partial charge is 0.384 e. The molecule has 16 heavy (non-hydrogen) atoms. The van der Waals surface area contributed by atoms with E-state index in [1.165, 1.54) is 17.5 Å². The first-order valence-corrected chi connectivity index (χ1v) is 5.89. The molecule has 0 fully saturated rings. The van der Waals surface area contributed by atoms with Crippen molar-refractivity contribution < 1.29 is 0 Å². The Bertz CT molecular complexity index is 460. The number of benzene rings is 1. The second kappa shape index (κ2) is 4.97. The van der Waals surface area contributed by atoms with Crippen LogP contribution in [-0.2, 0) is 0 Å². The second-order valence-corrected chi connectivity index (χ2v) is 4.27. The zero-order chi connectivity index (χ0) is 11.4. The highest BCUT2D eigenvalue weighted by Crippen LogP contribution is 2.21. The van der Waals surface area contributed by atoms with Crippen LogP contribution in [0, 0.1) is 5.92 Å². The summed E-state index contributed by atoms with van der Waals surface area (Å²) in [4.78, 5) is 4.35. The molecule has 1 heterocycles. The Hall–Kier alpha value is -1.57. The van der Waals surface area contributed by atoms with Crippen molar-refractivity contribution in [1.82, 2.24) is 4.98 Å². The molecule has 0 bridgehead atoms. The Morgan fingerprint density at radius 1 is 1.25 bits per heavy atom. The SMILES string of the molecule is CCC(C)CNc1cccc2ncccc12. The summed E-state index contributed by atoms with van der Waals surface area (Å²) in [5.41, 5.74) is 2.24. The fraction of sp³-hybridized carbons (Fsp3) is 0.357. The fourth-order valence-corrected chi connectivity index (χ4v) is 1.69. The van der Waals surface area contributed by atoms with Crippen LogP contribution < -0.4 is 5.32 Å². The normalized spacial score (nSPS) is 12.6. The molecule has 0 spiro atoms. The molecule has 2 nitrogen and oxygen atoms in total. The van der Waals surface area contributed by atoms with E-state index < -0.39 is 0 Å². The number of pyridine rings is 1. The molecule has 0 aliphatic heterocycles. The summed E-state index contributed by atoms with van der Waals surface area (Å²) in [6, 6.07) is 10.3. The molecule has 1 aromatic carbocycles. The first-order chi connectivity index (χ1) is 7.81. The highest BCUT2D eigenvalue weighted by molar-refractivity contribution is 5.91. The standard InChI is InChI=1S/C14H18N2/c1-3-11(2)10-16-14-8-4-7-13-12(14)6-5-9-15-13/h4-9,11,16H,3,10H2,1-2H3. The zero-order valence-corrected chi connectivity index (χ0v) is 9.90. The molecule has 1 aromatic heterocycles. The topological polar surface area (TPSA) is 24.9 Å². The maximum atomic E-state index is 4.35. The van der Waals surface area contributed by atoms with Crippen molar-refractivity contribution in [1.29, 1.82) is 0 Å². The van der Waals surface area contributed by atoms with Gasteiger partial charge in [-0.1, -0.05) is 26.3 Å². The summed E-state index contributed by atoms with van der Waals surface area (Å²) in [6.07, 6.45) is 3.04. The van der Waals surface area contributed by atoms with Gasteiger partial charge in [-0.15, -0.1) is 0 Å². The lowest BCUT2D eigenvalue weighted by atomic mass is 10.1. The Balaban J connectivity index is 2.23. The van der Waals surface area contributed by atoms with E-state index in [1.807, 2.05) is 24.4 Å². The number of aromatic nitrogens is 1. The number of rotatable bonds is 4. The Kier molecular flexibility index (Phi) is 3.40. The predicted octanol–water partition coefficient (Wildman–Crippen LogP) is 3.69. The number of nitrogens with one attached hydrogen (secondary N) is 1. The van der Waals surface area contributed by atoms with E-state index in [9.17, 15) is 0 Å². The summed E-state index contributed by atoms with van der Waals surface area (Å²) < 4.78 is 0. The van der Waals surface area contributed by atoms with Gasteiger partial charge in [0, 0.05) is 23.8 Å². The van der Waals surface area contributed by atoms with Crippen LogP contribution in [-0.4, -0.2) is 11.5 Å². The fourth-order valence-electron chi connectivity index (χ4n) is 1.69. The van der Waals surface area contributed by atoms with Crippen LogP contribution in [0.2, 0.25) is 0 Å². The van der Waals surface area contributed by atoms with Gasteiger partial charge < -0.3 is 5.32 Å². The van der Waals surface area contributed by atoms with Crippen molar-refractivity contribution in [2.75, 3.05) is 11.9 Å². The highest BCUT2D eigenvalue weighted by Gasteiger charge is 2.02. The van der Waals surface area contributed by atoms with E-state index in [-0.39, 0.29) is 0 Å². The minimum absolute atomic E-state index is 0.701. The van der Waals surface area contributed by atoms with E-state index in [2.05, 4.69) is 36.3 Å². The Morgan fingerprint density at radius 3 is 2.94 bits per heavy atom. The van der Waals surface area contributed by atoms with Gasteiger partial charge in [-0.2, -0.15) is 0 Å². The Labute approximate surface area is 96.7 Å². The van der Waals surface area contributed by atoms with Crippen LogP contribution in [0.4, 0.5) is 5.69 Å². The van der Waals surface area contributed by atoms with E-state index in [0.29, 0.717) is 5.92 Å². The van der Waals surface area contributed by atoms with Gasteiger partial charge in [-0.05, 0) is 30.2 Å². The van der Waals surface area contributed by atoms with Crippen LogP contribution in [0.5, 0.6) is 0 Å². The maximum absolute atomic E-state index is 4.35. The summed E-state index contributed by atoms with van der Waals surface area (Å²) in [6.45, 7) is 5.50. The quantitative estimate of drug-likeness (QED) is 0.839. The number of hydrogen-bond donors (Lipinski definition) is 1. The van der Waals surface area contributed by atoms with Crippen molar-refractivity contribution in [3.8, 4) is 0 Å². The van der Waals surface area contributed by atoms with Gasteiger partial charge in [0.2, 0.25) is 0 Å². The van der Waals surface area contributed by atoms with Gasteiger partial charge in [0.05, 0.1) is 5.52 Å². The van der Waals surface area contributed by atoms with Crippen LogP contribution in [0.1, 0.15) is 20.3 Å². The van der Waals surface area contributed by atoms with Gasteiger partial charge in [0.1, 0.15) is 0 Å². The molecule has 0 aliphatic carbocycles. The first kappa shape index (κ1) is 10.9. The van der Waals surface area contributed by atoms with Gasteiger partial charge in [0.15, 0.2) is 0 Å². The monoisotopic (exact) mass is 214 g/mol. The molecule has 1 N–H and O–H groups in total. The number of hydrogen-bond acceptors (Lipinski definition) is 2. The van der Waals surface area contributed by atoms with Crippen LogP contribution in [0.15, 0.2) is 36.5 Å². The Morgan fingerprint density at radius 2 is 2.12 bits per heavy atom. The lowest BCUT2D eigenvalue weighted by molar-refractivity contribution is 0.594. The molecule has 2 heteroatoms. The molecule has 2 rings (SSSR count). The van der Waals surface area contributed by atoms with Crippen LogP contribution in [0.25, 0.3) is 10.9 Å². The van der Waals surface area contributed by atoms with E-state index in [4.69, 9.17) is 0 Å². The average Bonchev–Trinajstić information content (AvgIpc) is 2.35. The van der Waals surface area contributed by atoms with Crippen LogP contribution >= 0.6 is 0 Å². The predicted molar refractivity (Wildman–Crippen MR) is 69.7 cm³/mol. The summed E-state index contributed by atoms with van der Waals surface area (Å²) in [7, 11) is 0. The van der Waals surface area contributed by atoms with Gasteiger partial charge in [-0.25, -0.2) is 0 Å². The molecule has 1 atom stereocenters. The van der Waals surface area contributed by atoms with E-state index in [0.717, 1.165) is 12.1 Å². The van der Waals surface area contributed by atoms with Crippen molar-refractivity contribution in [2.24, 2.45) is 5.92 Å². The minimum Gasteiger partial charge on any atom is -0.384 e. The van der Waals surface area contributed by atoms with Gasteiger partial charge in [0.25, 0.3) is 0 Å². The molecule has 84 valence electrons. The van der Waals surface area contributed by atoms with Gasteiger partial charge >= 0.3 is 0 Å². The number of anilines is 1. The van der Waals surface area contributed by atoms with Crippen molar-refractivity contribution in [3.63, 3.8) is 0 Å². The highest BCUT2D eigenvalue weighted by atomic mass is 14.9. The van der Waals surface area contributed by atoms with E-state index in [1.54, 1.807) is 0 Å². The average molecular weight is 214 g/mol. The smallest absolute Gasteiger partial charge is 0.0722 e. The third kappa shape index (κ3) is 2.32. The summed E-state index contributed by atoms with van der Waals surface area (Å²) in [5.74, 6) is 0.701. The number of nitrogens with zero attached hydrogens (tertiary/aromatic N) is 1. The molecule has 0 radical (unpaired) electrons. The molecular formula is C14H18N2. The first-order valence-electron chi connectivity index (χ1n) is 5.89. The van der Waals surface area contributed by atoms with Crippen molar-refractivity contribution in [2.45, 2.75) is 20.3 Å². The minimum atomic E-state index is 0.701. The molecule has 0 amide bonds. The molecule has 0 aliphatic rings. The van der Waals surface area contributed by atoms with Crippen LogP contribution in [0.3, 0.4) is 0 Å². The molecule has 2 aromatic rings. The zero-order valence-electron chi connectivity index (χ0n) is 9.90.